The molecule has 2 aromatic rings. The van der Waals surface area contributed by atoms with Crippen molar-refractivity contribution in [3.63, 3.8) is 0 Å². The molecular formula is C18H21N3O3. The van der Waals surface area contributed by atoms with E-state index in [1.807, 2.05) is 30.0 Å². The van der Waals surface area contributed by atoms with E-state index in [4.69, 9.17) is 9.15 Å². The number of aryl methyl sites for hydroxylation is 1. The Hall–Kier alpha value is -2.34. The number of amides is 1. The average Bonchev–Trinajstić information content (AvgIpc) is 3.29. The summed E-state index contributed by atoms with van der Waals surface area (Å²) in [5.74, 6) is 2.35. The summed E-state index contributed by atoms with van der Waals surface area (Å²) in [5.41, 5.74) is 0.651. The SMILES string of the molecule is Cc1occc1C(=O)N1C[C@@H]2[C@@H](CNc3ccccn3)CO[C@@H]2C1. The number of carbonyl (C=O) groups is 1. The van der Waals surface area contributed by atoms with E-state index in [1.165, 1.54) is 0 Å². The van der Waals surface area contributed by atoms with Gasteiger partial charge in [-0.25, -0.2) is 4.98 Å². The number of hydrogen-bond donors (Lipinski definition) is 1. The molecule has 0 aliphatic carbocycles. The Morgan fingerprint density at radius 1 is 1.38 bits per heavy atom. The van der Waals surface area contributed by atoms with Crippen LogP contribution in [0.5, 0.6) is 0 Å². The van der Waals surface area contributed by atoms with E-state index in [0.29, 0.717) is 29.7 Å². The molecule has 0 spiro atoms. The van der Waals surface area contributed by atoms with Gasteiger partial charge < -0.3 is 19.4 Å². The molecule has 4 rings (SSSR count). The fourth-order valence-electron chi connectivity index (χ4n) is 3.66. The molecular weight excluding hydrogens is 306 g/mol. The van der Waals surface area contributed by atoms with E-state index in [0.717, 1.165) is 25.5 Å². The standard InChI is InChI=1S/C18H21N3O3/c1-12-14(5-7-23-12)18(22)21-9-15-13(11-24-16(15)10-21)8-20-17-4-2-3-6-19-17/h2-7,13,15-16H,8-11H2,1H3,(H,19,20)/t13-,15+,16+/m0/s1. The van der Waals surface area contributed by atoms with Gasteiger partial charge in [0.1, 0.15) is 11.6 Å². The van der Waals surface area contributed by atoms with Gasteiger partial charge in [0.15, 0.2) is 0 Å². The molecule has 126 valence electrons. The molecule has 2 aliphatic heterocycles. The highest BCUT2D eigenvalue weighted by molar-refractivity contribution is 5.95. The van der Waals surface area contributed by atoms with Crippen LogP contribution in [0.1, 0.15) is 16.1 Å². The Balaban J connectivity index is 1.38. The second-order valence-electron chi connectivity index (χ2n) is 6.49. The summed E-state index contributed by atoms with van der Waals surface area (Å²) in [7, 11) is 0. The maximum Gasteiger partial charge on any atom is 0.257 e. The van der Waals surface area contributed by atoms with Crippen molar-refractivity contribution in [3.05, 3.63) is 48.0 Å². The van der Waals surface area contributed by atoms with Gasteiger partial charge in [-0.15, -0.1) is 0 Å². The molecule has 6 heteroatoms. The van der Waals surface area contributed by atoms with Crippen molar-refractivity contribution in [2.45, 2.75) is 13.0 Å². The summed E-state index contributed by atoms with van der Waals surface area (Å²) < 4.78 is 11.2. The number of nitrogens with zero attached hydrogens (tertiary/aromatic N) is 2. The van der Waals surface area contributed by atoms with Crippen LogP contribution in [0.4, 0.5) is 5.82 Å². The van der Waals surface area contributed by atoms with E-state index >= 15 is 0 Å². The number of hydrogen-bond acceptors (Lipinski definition) is 5. The van der Waals surface area contributed by atoms with Crippen LogP contribution < -0.4 is 5.32 Å². The lowest BCUT2D eigenvalue weighted by atomic mass is 9.93. The largest absolute Gasteiger partial charge is 0.469 e. The summed E-state index contributed by atoms with van der Waals surface area (Å²) in [4.78, 5) is 18.8. The number of rotatable bonds is 4. The van der Waals surface area contributed by atoms with E-state index in [2.05, 4.69) is 10.3 Å². The predicted octanol–water partition coefficient (Wildman–Crippen LogP) is 2.18. The minimum Gasteiger partial charge on any atom is -0.469 e. The van der Waals surface area contributed by atoms with Gasteiger partial charge in [-0.3, -0.25) is 4.79 Å². The van der Waals surface area contributed by atoms with Gasteiger partial charge in [-0.1, -0.05) is 6.07 Å². The van der Waals surface area contributed by atoms with Gasteiger partial charge in [-0.2, -0.15) is 0 Å². The van der Waals surface area contributed by atoms with E-state index in [-0.39, 0.29) is 12.0 Å². The first-order chi connectivity index (χ1) is 11.7. The number of ether oxygens (including phenoxy) is 1. The molecule has 2 aromatic heterocycles. The first-order valence-electron chi connectivity index (χ1n) is 8.32. The Bertz CT molecular complexity index is 715. The Kier molecular flexibility index (Phi) is 3.98. The van der Waals surface area contributed by atoms with Crippen molar-refractivity contribution in [1.29, 1.82) is 0 Å². The van der Waals surface area contributed by atoms with Crippen LogP contribution in [0.2, 0.25) is 0 Å². The van der Waals surface area contributed by atoms with Crippen molar-refractivity contribution in [2.24, 2.45) is 11.8 Å². The van der Waals surface area contributed by atoms with Gasteiger partial charge in [-0.05, 0) is 25.1 Å². The molecule has 0 radical (unpaired) electrons. The smallest absolute Gasteiger partial charge is 0.257 e. The number of fused-ring (bicyclic) bond motifs is 1. The topological polar surface area (TPSA) is 67.6 Å². The first kappa shape index (κ1) is 15.2. The van der Waals surface area contributed by atoms with Crippen molar-refractivity contribution in [1.82, 2.24) is 9.88 Å². The number of carbonyl (C=O) groups excluding carboxylic acids is 1. The fourth-order valence-corrected chi connectivity index (χ4v) is 3.66. The van der Waals surface area contributed by atoms with Crippen LogP contribution in [0, 0.1) is 18.8 Å². The third-order valence-electron chi connectivity index (χ3n) is 5.03. The van der Waals surface area contributed by atoms with Crippen molar-refractivity contribution < 1.29 is 13.9 Å². The minimum atomic E-state index is 0.0377. The minimum absolute atomic E-state index is 0.0377. The van der Waals surface area contributed by atoms with Crippen LogP contribution in [-0.4, -0.2) is 48.1 Å². The van der Waals surface area contributed by atoms with Crippen molar-refractivity contribution >= 4 is 11.7 Å². The van der Waals surface area contributed by atoms with Crippen LogP contribution in [-0.2, 0) is 4.74 Å². The molecule has 2 aliphatic rings. The number of aromatic nitrogens is 1. The number of anilines is 1. The summed E-state index contributed by atoms with van der Waals surface area (Å²) in [6, 6.07) is 7.57. The normalized spacial score (nSPS) is 25.7. The summed E-state index contributed by atoms with van der Waals surface area (Å²) in [6.45, 7) is 4.77. The molecule has 0 saturated carbocycles. The maximum absolute atomic E-state index is 12.6. The van der Waals surface area contributed by atoms with Gasteiger partial charge in [0.05, 0.1) is 24.5 Å². The monoisotopic (exact) mass is 327 g/mol. The lowest BCUT2D eigenvalue weighted by molar-refractivity contribution is 0.0679. The molecule has 0 bridgehead atoms. The molecule has 4 heterocycles. The van der Waals surface area contributed by atoms with Gasteiger partial charge in [0.2, 0.25) is 0 Å². The molecule has 0 aromatic carbocycles. The highest BCUT2D eigenvalue weighted by Crippen LogP contribution is 2.34. The van der Waals surface area contributed by atoms with E-state index in [1.54, 1.807) is 18.5 Å². The predicted molar refractivity (Wildman–Crippen MR) is 88.8 cm³/mol. The zero-order valence-corrected chi connectivity index (χ0v) is 13.6. The Morgan fingerprint density at radius 3 is 3.04 bits per heavy atom. The molecule has 0 unspecified atom stereocenters. The van der Waals surface area contributed by atoms with E-state index < -0.39 is 0 Å². The van der Waals surface area contributed by atoms with Crippen LogP contribution in [0.15, 0.2) is 41.1 Å². The third-order valence-corrected chi connectivity index (χ3v) is 5.03. The third kappa shape index (κ3) is 2.78. The molecule has 24 heavy (non-hydrogen) atoms. The molecule has 6 nitrogen and oxygen atoms in total. The molecule has 1 N–H and O–H groups in total. The first-order valence-corrected chi connectivity index (χ1v) is 8.32. The van der Waals surface area contributed by atoms with Gasteiger partial charge in [0.25, 0.3) is 5.91 Å². The van der Waals surface area contributed by atoms with Gasteiger partial charge >= 0.3 is 0 Å². The second kappa shape index (κ2) is 6.28. The quantitative estimate of drug-likeness (QED) is 0.932. The summed E-state index contributed by atoms with van der Waals surface area (Å²) >= 11 is 0. The van der Waals surface area contributed by atoms with Crippen molar-refractivity contribution in [3.8, 4) is 0 Å². The van der Waals surface area contributed by atoms with Gasteiger partial charge in [0, 0.05) is 37.7 Å². The molecule has 3 atom stereocenters. The highest BCUT2D eigenvalue weighted by atomic mass is 16.5. The Labute approximate surface area is 140 Å². The van der Waals surface area contributed by atoms with Crippen LogP contribution >= 0.6 is 0 Å². The lowest BCUT2D eigenvalue weighted by Crippen LogP contribution is -2.32. The highest BCUT2D eigenvalue weighted by Gasteiger charge is 2.45. The molecule has 2 fully saturated rings. The fraction of sp³-hybridized carbons (Fsp3) is 0.444. The second-order valence-corrected chi connectivity index (χ2v) is 6.49. The number of pyridine rings is 1. The van der Waals surface area contributed by atoms with Crippen LogP contribution in [0.3, 0.4) is 0 Å². The Morgan fingerprint density at radius 2 is 2.29 bits per heavy atom. The van der Waals surface area contributed by atoms with E-state index in [9.17, 15) is 4.79 Å². The number of nitrogens with one attached hydrogen (secondary N) is 1. The zero-order valence-electron chi connectivity index (χ0n) is 13.6. The zero-order chi connectivity index (χ0) is 16.5. The van der Waals surface area contributed by atoms with Crippen LogP contribution in [0.25, 0.3) is 0 Å². The molecule has 1 amide bonds. The van der Waals surface area contributed by atoms with Crippen molar-refractivity contribution in [2.75, 3.05) is 31.6 Å². The number of furan rings is 1. The average molecular weight is 327 g/mol. The lowest BCUT2D eigenvalue weighted by Gasteiger charge is -2.20. The number of likely N-dealkylation sites (tertiary alicyclic amines) is 1. The molecule has 2 saturated heterocycles. The summed E-state index contributed by atoms with van der Waals surface area (Å²) in [5, 5.41) is 3.37. The maximum atomic E-state index is 12.6. The summed E-state index contributed by atoms with van der Waals surface area (Å²) in [6.07, 6.45) is 3.48.